The fraction of sp³-hybridized carbons (Fsp3) is 1.00. The van der Waals surface area contributed by atoms with E-state index in [9.17, 15) is 0 Å². The molecular weight excluding hydrogens is 146 g/mol. The first-order valence-corrected chi connectivity index (χ1v) is 1.67. The number of nitrogens with zero attached hydrogens (tertiary/aromatic N) is 1. The SMILES string of the molecule is Br.CCN(C)O. The van der Waals surface area contributed by atoms with E-state index in [4.69, 9.17) is 5.21 Å². The van der Waals surface area contributed by atoms with E-state index in [2.05, 4.69) is 0 Å². The summed E-state index contributed by atoms with van der Waals surface area (Å²) in [6, 6.07) is 0. The molecule has 0 aromatic rings. The largest absolute Gasteiger partial charge is 0.314 e. The number of hydroxylamine groups is 2. The van der Waals surface area contributed by atoms with Gasteiger partial charge in [-0.3, -0.25) is 0 Å². The van der Waals surface area contributed by atoms with E-state index in [1.807, 2.05) is 6.92 Å². The van der Waals surface area contributed by atoms with Gasteiger partial charge in [0.05, 0.1) is 0 Å². The summed E-state index contributed by atoms with van der Waals surface area (Å²) in [5, 5.41) is 9.32. The van der Waals surface area contributed by atoms with Gasteiger partial charge < -0.3 is 5.21 Å². The summed E-state index contributed by atoms with van der Waals surface area (Å²) >= 11 is 0. The Morgan fingerprint density at radius 3 is 1.83 bits per heavy atom. The van der Waals surface area contributed by atoms with E-state index in [-0.39, 0.29) is 17.0 Å². The maximum absolute atomic E-state index is 8.19. The van der Waals surface area contributed by atoms with Crippen LogP contribution in [0.4, 0.5) is 0 Å². The van der Waals surface area contributed by atoms with Crippen LogP contribution < -0.4 is 0 Å². The molecule has 0 saturated heterocycles. The monoisotopic (exact) mass is 155 g/mol. The minimum Gasteiger partial charge on any atom is -0.314 e. The average molecular weight is 156 g/mol. The number of rotatable bonds is 1. The van der Waals surface area contributed by atoms with Crippen LogP contribution in [0.2, 0.25) is 0 Å². The fourth-order valence-electron chi connectivity index (χ4n) is 0. The van der Waals surface area contributed by atoms with Crippen LogP contribution in [0.3, 0.4) is 0 Å². The highest BCUT2D eigenvalue weighted by atomic mass is 79.9. The minimum atomic E-state index is 0. The van der Waals surface area contributed by atoms with Gasteiger partial charge in [-0.25, -0.2) is 0 Å². The maximum Gasteiger partial charge on any atom is 0.0206 e. The van der Waals surface area contributed by atoms with Crippen molar-refractivity contribution < 1.29 is 5.21 Å². The first-order chi connectivity index (χ1) is 2.27. The fourth-order valence-corrected chi connectivity index (χ4v) is 0. The Morgan fingerprint density at radius 1 is 1.67 bits per heavy atom. The summed E-state index contributed by atoms with van der Waals surface area (Å²) in [7, 11) is 1.61. The van der Waals surface area contributed by atoms with Gasteiger partial charge in [0.1, 0.15) is 0 Å². The number of hydrogen-bond donors (Lipinski definition) is 1. The molecule has 0 rings (SSSR count). The molecule has 0 atom stereocenters. The van der Waals surface area contributed by atoms with E-state index in [1.165, 1.54) is 0 Å². The van der Waals surface area contributed by atoms with E-state index in [1.54, 1.807) is 7.05 Å². The zero-order valence-electron chi connectivity index (χ0n) is 4.01. The summed E-state index contributed by atoms with van der Waals surface area (Å²) in [5.74, 6) is 0. The van der Waals surface area contributed by atoms with Crippen LogP contribution in [-0.4, -0.2) is 23.9 Å². The van der Waals surface area contributed by atoms with Crippen LogP contribution in [0.5, 0.6) is 0 Å². The van der Waals surface area contributed by atoms with Crippen molar-refractivity contribution in [2.45, 2.75) is 6.92 Å². The molecule has 3 heteroatoms. The zero-order valence-corrected chi connectivity index (χ0v) is 5.72. The Morgan fingerprint density at radius 2 is 1.83 bits per heavy atom. The van der Waals surface area contributed by atoms with Gasteiger partial charge in [-0.15, -0.1) is 17.0 Å². The van der Waals surface area contributed by atoms with Crippen LogP contribution in [0, 0.1) is 0 Å². The molecule has 0 fully saturated rings. The highest BCUT2D eigenvalue weighted by Gasteiger charge is 1.74. The predicted molar refractivity (Wildman–Crippen MR) is 30.4 cm³/mol. The molecule has 0 amide bonds. The maximum atomic E-state index is 8.19. The van der Waals surface area contributed by atoms with Crippen molar-refractivity contribution in [3.8, 4) is 0 Å². The third kappa shape index (κ3) is 8.83. The smallest absolute Gasteiger partial charge is 0.0206 e. The van der Waals surface area contributed by atoms with Crippen molar-refractivity contribution in [1.82, 2.24) is 5.06 Å². The Kier molecular flexibility index (Phi) is 8.68. The van der Waals surface area contributed by atoms with Gasteiger partial charge >= 0.3 is 0 Å². The first-order valence-electron chi connectivity index (χ1n) is 1.67. The first kappa shape index (κ1) is 9.64. The molecule has 40 valence electrons. The predicted octanol–water partition coefficient (Wildman–Crippen LogP) is 0.905. The van der Waals surface area contributed by atoms with Crippen molar-refractivity contribution in [1.29, 1.82) is 0 Å². The van der Waals surface area contributed by atoms with E-state index >= 15 is 0 Å². The standard InChI is InChI=1S/C3H9NO.BrH/c1-3-4(2)5;/h5H,3H2,1-2H3;1H. The van der Waals surface area contributed by atoms with Gasteiger partial charge in [0.25, 0.3) is 0 Å². The summed E-state index contributed by atoms with van der Waals surface area (Å²) in [6.45, 7) is 2.57. The summed E-state index contributed by atoms with van der Waals surface area (Å²) in [5.41, 5.74) is 0. The van der Waals surface area contributed by atoms with Crippen molar-refractivity contribution in [3.63, 3.8) is 0 Å². The van der Waals surface area contributed by atoms with Crippen molar-refractivity contribution >= 4 is 17.0 Å². The van der Waals surface area contributed by atoms with Crippen LogP contribution in [-0.2, 0) is 0 Å². The van der Waals surface area contributed by atoms with E-state index in [0.717, 1.165) is 5.06 Å². The quantitative estimate of drug-likeness (QED) is 0.570. The summed E-state index contributed by atoms with van der Waals surface area (Å²) in [6.07, 6.45) is 0. The number of halogens is 1. The Labute approximate surface area is 48.5 Å². The normalized spacial score (nSPS) is 8.00. The second-order valence-electron chi connectivity index (χ2n) is 0.974. The van der Waals surface area contributed by atoms with Gasteiger partial charge in [0.15, 0.2) is 0 Å². The minimum absolute atomic E-state index is 0. The second kappa shape index (κ2) is 5.40. The lowest BCUT2D eigenvalue weighted by molar-refractivity contribution is -0.0596. The number of hydrogen-bond acceptors (Lipinski definition) is 2. The third-order valence-corrected chi connectivity index (χ3v) is 0.458. The molecule has 0 aromatic carbocycles. The molecule has 6 heavy (non-hydrogen) atoms. The van der Waals surface area contributed by atoms with Gasteiger partial charge in [-0.05, 0) is 0 Å². The summed E-state index contributed by atoms with van der Waals surface area (Å²) in [4.78, 5) is 0. The molecule has 0 aromatic heterocycles. The van der Waals surface area contributed by atoms with Gasteiger partial charge in [0, 0.05) is 13.6 Å². The van der Waals surface area contributed by atoms with Crippen molar-refractivity contribution in [2.24, 2.45) is 0 Å². The molecule has 0 unspecified atom stereocenters. The van der Waals surface area contributed by atoms with Crippen LogP contribution in [0.15, 0.2) is 0 Å². The molecule has 0 aliphatic rings. The second-order valence-corrected chi connectivity index (χ2v) is 0.974. The van der Waals surface area contributed by atoms with Crippen molar-refractivity contribution in [2.75, 3.05) is 13.6 Å². The Balaban J connectivity index is 0. The molecule has 1 N–H and O–H groups in total. The highest BCUT2D eigenvalue weighted by Crippen LogP contribution is 1.62. The van der Waals surface area contributed by atoms with E-state index < -0.39 is 0 Å². The van der Waals surface area contributed by atoms with Crippen LogP contribution >= 0.6 is 17.0 Å². The third-order valence-electron chi connectivity index (χ3n) is 0.458. The summed E-state index contributed by atoms with van der Waals surface area (Å²) < 4.78 is 0. The van der Waals surface area contributed by atoms with Gasteiger partial charge in [-0.1, -0.05) is 6.92 Å². The van der Waals surface area contributed by atoms with Crippen molar-refractivity contribution in [3.05, 3.63) is 0 Å². The molecule has 0 bridgehead atoms. The molecule has 0 aliphatic carbocycles. The molecule has 0 spiro atoms. The molecule has 2 nitrogen and oxygen atoms in total. The molecular formula is C3H10BrNO. The molecule has 0 radical (unpaired) electrons. The Hall–Kier alpha value is 0.400. The van der Waals surface area contributed by atoms with Crippen LogP contribution in [0.1, 0.15) is 6.92 Å². The topological polar surface area (TPSA) is 23.5 Å². The highest BCUT2D eigenvalue weighted by molar-refractivity contribution is 8.93. The average Bonchev–Trinajstić information content (AvgIpc) is 1.38. The lowest BCUT2D eigenvalue weighted by atomic mass is 10.8. The van der Waals surface area contributed by atoms with E-state index in [0.29, 0.717) is 6.54 Å². The zero-order chi connectivity index (χ0) is 4.28. The van der Waals surface area contributed by atoms with Gasteiger partial charge in [-0.2, -0.15) is 5.06 Å². The Bertz CT molecular complexity index is 24.8. The lowest BCUT2D eigenvalue weighted by Gasteiger charge is -1.98. The van der Waals surface area contributed by atoms with Gasteiger partial charge in [0.2, 0.25) is 0 Å². The van der Waals surface area contributed by atoms with Crippen LogP contribution in [0.25, 0.3) is 0 Å². The molecule has 0 aliphatic heterocycles. The molecule has 0 saturated carbocycles. The molecule has 0 heterocycles. The lowest BCUT2D eigenvalue weighted by Crippen LogP contribution is -2.09.